The van der Waals surface area contributed by atoms with Crippen molar-refractivity contribution in [3.63, 3.8) is 0 Å². The van der Waals surface area contributed by atoms with Crippen LogP contribution in [-0.2, 0) is 0 Å². The molecule has 3 unspecified atom stereocenters. The summed E-state index contributed by atoms with van der Waals surface area (Å²) in [5.74, 6) is 3.88. The summed E-state index contributed by atoms with van der Waals surface area (Å²) < 4.78 is 0. The highest BCUT2D eigenvalue weighted by molar-refractivity contribution is 5.99. The van der Waals surface area contributed by atoms with Crippen LogP contribution in [0, 0.1) is 53.3 Å². The van der Waals surface area contributed by atoms with E-state index in [1.807, 2.05) is 159 Å². The van der Waals surface area contributed by atoms with Crippen LogP contribution >= 0.6 is 0 Å². The van der Waals surface area contributed by atoms with Crippen LogP contribution in [0.4, 0.5) is 0 Å². The molecular weight excluding hydrogens is 813 g/mol. The fourth-order valence-corrected chi connectivity index (χ4v) is 7.68. The average molecular weight is 895 g/mol. The fraction of sp³-hybridized carbons (Fsp3) is 0.426. The third kappa shape index (κ3) is 21.2. The van der Waals surface area contributed by atoms with Crippen molar-refractivity contribution < 1.29 is 24.0 Å². The van der Waals surface area contributed by atoms with E-state index in [0.717, 1.165) is 47.1 Å². The van der Waals surface area contributed by atoms with E-state index >= 15 is 0 Å². The van der Waals surface area contributed by atoms with Crippen molar-refractivity contribution >= 4 is 28.9 Å². The normalized spacial score (nSPS) is 12.0. The molecule has 0 amide bonds. The van der Waals surface area contributed by atoms with Gasteiger partial charge in [0, 0.05) is 51.5 Å². The maximum Gasteiger partial charge on any atom is 0.166 e. The summed E-state index contributed by atoms with van der Waals surface area (Å²) >= 11 is 0. The maximum atomic E-state index is 12.2. The van der Waals surface area contributed by atoms with Gasteiger partial charge in [0.05, 0.1) is 0 Å². The number of carbonyl (C=O) groups excluding carboxylic acids is 5. The van der Waals surface area contributed by atoms with Crippen LogP contribution in [0.5, 0.6) is 0 Å². The van der Waals surface area contributed by atoms with Crippen molar-refractivity contribution in [2.45, 2.75) is 116 Å². The molecule has 0 saturated carbocycles. The molecular formula is C61H82O5. The van der Waals surface area contributed by atoms with Crippen molar-refractivity contribution in [3.8, 4) is 0 Å². The monoisotopic (exact) mass is 895 g/mol. The van der Waals surface area contributed by atoms with Crippen LogP contribution in [0.2, 0.25) is 0 Å². The number of hydrogen-bond acceptors (Lipinski definition) is 5. The first-order chi connectivity index (χ1) is 31.3. The second-order valence-corrected chi connectivity index (χ2v) is 18.8. The van der Waals surface area contributed by atoms with E-state index in [4.69, 9.17) is 0 Å². The number of benzene rings is 5. The summed E-state index contributed by atoms with van der Waals surface area (Å²) in [6.45, 7) is 28.8. The third-order valence-electron chi connectivity index (χ3n) is 11.9. The zero-order valence-electron chi connectivity index (χ0n) is 42.8. The van der Waals surface area contributed by atoms with Crippen molar-refractivity contribution in [1.29, 1.82) is 0 Å². The third-order valence-corrected chi connectivity index (χ3v) is 11.9. The zero-order valence-corrected chi connectivity index (χ0v) is 42.8. The van der Waals surface area contributed by atoms with Gasteiger partial charge in [-0.3, -0.25) is 24.0 Å². The minimum atomic E-state index is 0.113. The molecule has 0 spiro atoms. The number of carbonyl (C=O) groups is 5. The van der Waals surface area contributed by atoms with E-state index in [2.05, 4.69) is 83.1 Å². The second-order valence-electron chi connectivity index (χ2n) is 18.8. The summed E-state index contributed by atoms with van der Waals surface area (Å²) in [5, 5.41) is 0. The Hall–Kier alpha value is -5.55. The molecule has 5 nitrogen and oxygen atoms in total. The highest BCUT2D eigenvalue weighted by Gasteiger charge is 2.26. The molecule has 0 aliphatic carbocycles. The minimum absolute atomic E-state index is 0.113. The van der Waals surface area contributed by atoms with E-state index in [1.165, 1.54) is 0 Å². The predicted octanol–water partition coefficient (Wildman–Crippen LogP) is 16.3. The Bertz CT molecular complexity index is 2080. The Morgan fingerprint density at radius 3 is 0.879 bits per heavy atom. The smallest absolute Gasteiger partial charge is 0.166 e. The van der Waals surface area contributed by atoms with Gasteiger partial charge in [0.1, 0.15) is 0 Å². The summed E-state index contributed by atoms with van der Waals surface area (Å²) in [5.41, 5.74) is 4.13. The predicted molar refractivity (Wildman–Crippen MR) is 279 cm³/mol. The molecule has 0 N–H and O–H groups in total. The number of rotatable bonds is 17. The Labute approximate surface area is 400 Å². The molecule has 66 heavy (non-hydrogen) atoms. The van der Waals surface area contributed by atoms with Crippen LogP contribution < -0.4 is 0 Å². The van der Waals surface area contributed by atoms with Gasteiger partial charge < -0.3 is 0 Å². The van der Waals surface area contributed by atoms with Gasteiger partial charge in [-0.15, -0.1) is 0 Å². The van der Waals surface area contributed by atoms with Crippen molar-refractivity contribution in [2.24, 2.45) is 53.3 Å². The number of ketones is 5. The summed E-state index contributed by atoms with van der Waals surface area (Å²) in [7, 11) is 0. The van der Waals surface area contributed by atoms with Crippen LogP contribution in [0.15, 0.2) is 152 Å². The van der Waals surface area contributed by atoms with Crippen LogP contribution in [-0.4, -0.2) is 28.9 Å². The molecule has 356 valence electrons. The molecule has 0 radical (unpaired) electrons. The molecule has 0 bridgehead atoms. The first kappa shape index (κ1) is 58.5. The second kappa shape index (κ2) is 32.2. The standard InChI is InChI=1S/2C14H20O.C13H18O.C12H16O.C8H8O/c1-10(2)13(11(3)4)14(15)12-8-6-5-7-9-12;1-4-8-13(11(2)3)14(15)12-9-6-5-7-10-12;1-4-12(10(2)3)13(14)11-8-6-5-7-9-11;1-9(2)10(3)12(13)11-7-5-4-6-8-11;1-7(9)8-5-3-2-4-6-8/h5-11,13H,1-4H3;5-7,9-11,13H,4,8H2,1-3H3;5-10,12H,4H2,1-3H3;4-10H,1-3H3;2-6H,1H3. The molecule has 0 fully saturated rings. The quantitative estimate of drug-likeness (QED) is 0.0868. The lowest BCUT2D eigenvalue weighted by Gasteiger charge is -2.23. The van der Waals surface area contributed by atoms with Gasteiger partial charge in [0.25, 0.3) is 0 Å². The van der Waals surface area contributed by atoms with Crippen LogP contribution in [0.3, 0.4) is 0 Å². The van der Waals surface area contributed by atoms with E-state index < -0.39 is 0 Å². The average Bonchev–Trinajstić information content (AvgIpc) is 3.32. The number of Topliss-reactive ketones (excluding diaryl/α,β-unsaturated/α-hetero) is 5. The highest BCUT2D eigenvalue weighted by Crippen LogP contribution is 2.25. The molecule has 3 atom stereocenters. The Balaban J connectivity index is 0.000000416. The van der Waals surface area contributed by atoms with Gasteiger partial charge in [0.15, 0.2) is 28.9 Å². The molecule has 5 rings (SSSR count). The van der Waals surface area contributed by atoms with E-state index in [9.17, 15) is 24.0 Å². The Morgan fingerprint density at radius 2 is 0.636 bits per heavy atom. The molecule has 0 aliphatic rings. The fourth-order valence-electron chi connectivity index (χ4n) is 7.68. The molecule has 0 saturated heterocycles. The van der Waals surface area contributed by atoms with Gasteiger partial charge in [-0.05, 0) is 49.4 Å². The SMILES string of the molecule is CC(=O)c1ccccc1.CC(C)C(C(=O)c1ccccc1)C(C)C.CC(C)C(C)C(=O)c1ccccc1.CCC(C(=O)c1ccccc1)C(C)C.CCCC(C(=O)c1ccccc1)C(C)C. The van der Waals surface area contributed by atoms with Crippen LogP contribution in [0.1, 0.15) is 168 Å². The lowest BCUT2D eigenvalue weighted by molar-refractivity contribution is 0.0836. The topological polar surface area (TPSA) is 85.3 Å². The van der Waals surface area contributed by atoms with E-state index in [0.29, 0.717) is 35.4 Å². The molecule has 0 aliphatic heterocycles. The molecule has 0 heterocycles. The summed E-state index contributed by atoms with van der Waals surface area (Å²) in [4.78, 5) is 58.9. The van der Waals surface area contributed by atoms with Gasteiger partial charge in [-0.2, -0.15) is 0 Å². The molecule has 5 aromatic rings. The molecule has 0 aromatic heterocycles. The Morgan fingerprint density at radius 1 is 0.348 bits per heavy atom. The van der Waals surface area contributed by atoms with Crippen molar-refractivity contribution in [3.05, 3.63) is 179 Å². The van der Waals surface area contributed by atoms with E-state index in [1.54, 1.807) is 6.92 Å². The lowest BCUT2D eigenvalue weighted by Crippen LogP contribution is -2.25. The number of hydrogen-bond donors (Lipinski definition) is 0. The van der Waals surface area contributed by atoms with Crippen molar-refractivity contribution in [1.82, 2.24) is 0 Å². The molecule has 5 heteroatoms. The van der Waals surface area contributed by atoms with Gasteiger partial charge in [0.2, 0.25) is 0 Å². The van der Waals surface area contributed by atoms with Crippen molar-refractivity contribution in [2.75, 3.05) is 0 Å². The first-order valence-electron chi connectivity index (χ1n) is 24.2. The molecule has 5 aromatic carbocycles. The highest BCUT2D eigenvalue weighted by atomic mass is 16.1. The van der Waals surface area contributed by atoms with Gasteiger partial charge >= 0.3 is 0 Å². The van der Waals surface area contributed by atoms with Crippen LogP contribution in [0.25, 0.3) is 0 Å². The largest absolute Gasteiger partial charge is 0.295 e. The van der Waals surface area contributed by atoms with E-state index in [-0.39, 0.29) is 46.8 Å². The summed E-state index contributed by atoms with van der Waals surface area (Å²) in [6, 6.07) is 47.5. The lowest BCUT2D eigenvalue weighted by atomic mass is 9.80. The maximum absolute atomic E-state index is 12.2. The summed E-state index contributed by atoms with van der Waals surface area (Å²) in [6.07, 6.45) is 2.98. The minimum Gasteiger partial charge on any atom is -0.295 e. The van der Waals surface area contributed by atoms with Gasteiger partial charge in [-0.1, -0.05) is 248 Å². The first-order valence-corrected chi connectivity index (χ1v) is 24.2. The Kier molecular flexibility index (Phi) is 28.5. The van der Waals surface area contributed by atoms with Gasteiger partial charge in [-0.25, -0.2) is 0 Å². The zero-order chi connectivity index (χ0) is 49.8.